The molecular formula is C19H25N3O3. The zero-order valence-corrected chi connectivity index (χ0v) is 14.6. The van der Waals surface area contributed by atoms with E-state index in [0.29, 0.717) is 31.5 Å². The molecule has 1 atom stereocenters. The number of fused-ring (bicyclic) bond motifs is 2. The first-order chi connectivity index (χ1) is 12.2. The van der Waals surface area contributed by atoms with Crippen LogP contribution >= 0.6 is 0 Å². The molecule has 0 bridgehead atoms. The molecule has 4 rings (SSSR count). The highest BCUT2D eigenvalue weighted by Gasteiger charge is 2.22. The van der Waals surface area contributed by atoms with Crippen LogP contribution in [0, 0.1) is 0 Å². The SMILES string of the molecule is CCN1CCC[C@@H]1CNCc1cc2cc3c(cc2[nH]c1=O)OCCO3. The minimum absolute atomic E-state index is 0.0459. The van der Waals surface area contributed by atoms with E-state index in [2.05, 4.69) is 22.1 Å². The fraction of sp³-hybridized carbons (Fsp3) is 0.526. The molecule has 2 aromatic rings. The van der Waals surface area contributed by atoms with Crippen LogP contribution in [0.25, 0.3) is 10.9 Å². The maximum atomic E-state index is 12.4. The van der Waals surface area contributed by atoms with Gasteiger partial charge >= 0.3 is 0 Å². The Hall–Kier alpha value is -2.05. The van der Waals surface area contributed by atoms with E-state index in [-0.39, 0.29) is 5.56 Å². The molecular weight excluding hydrogens is 318 g/mol. The maximum absolute atomic E-state index is 12.4. The number of hydrogen-bond donors (Lipinski definition) is 2. The third-order valence-corrected chi connectivity index (χ3v) is 5.18. The fourth-order valence-corrected chi connectivity index (χ4v) is 3.84. The van der Waals surface area contributed by atoms with Gasteiger partial charge < -0.3 is 19.8 Å². The second-order valence-corrected chi connectivity index (χ2v) is 6.76. The molecule has 0 unspecified atom stereocenters. The van der Waals surface area contributed by atoms with Gasteiger partial charge in [-0.1, -0.05) is 6.92 Å². The van der Waals surface area contributed by atoms with Crippen molar-refractivity contribution in [1.29, 1.82) is 0 Å². The number of aromatic nitrogens is 1. The van der Waals surface area contributed by atoms with E-state index in [9.17, 15) is 4.79 Å². The summed E-state index contributed by atoms with van der Waals surface area (Å²) < 4.78 is 11.2. The van der Waals surface area contributed by atoms with Gasteiger partial charge in [0, 0.05) is 36.1 Å². The van der Waals surface area contributed by atoms with Crippen molar-refractivity contribution in [3.63, 3.8) is 0 Å². The van der Waals surface area contributed by atoms with Crippen LogP contribution < -0.4 is 20.3 Å². The largest absolute Gasteiger partial charge is 0.486 e. The van der Waals surface area contributed by atoms with Crippen molar-refractivity contribution in [3.8, 4) is 11.5 Å². The molecule has 2 N–H and O–H groups in total. The van der Waals surface area contributed by atoms with Crippen LogP contribution in [0.4, 0.5) is 0 Å². The second-order valence-electron chi connectivity index (χ2n) is 6.76. The van der Waals surface area contributed by atoms with Crippen molar-refractivity contribution in [3.05, 3.63) is 34.1 Å². The summed E-state index contributed by atoms with van der Waals surface area (Å²) in [6, 6.07) is 6.33. The summed E-state index contributed by atoms with van der Waals surface area (Å²) in [5, 5.41) is 4.43. The van der Waals surface area contributed by atoms with Crippen LogP contribution in [0.5, 0.6) is 11.5 Å². The Morgan fingerprint density at radius 2 is 2.04 bits per heavy atom. The molecule has 25 heavy (non-hydrogen) atoms. The molecule has 3 heterocycles. The number of nitrogens with zero attached hydrogens (tertiary/aromatic N) is 1. The zero-order valence-electron chi connectivity index (χ0n) is 14.6. The number of benzene rings is 1. The number of pyridine rings is 1. The maximum Gasteiger partial charge on any atom is 0.252 e. The summed E-state index contributed by atoms with van der Waals surface area (Å²) in [6.07, 6.45) is 2.50. The average molecular weight is 343 g/mol. The predicted octanol–water partition coefficient (Wildman–Crippen LogP) is 1.87. The number of ether oxygens (including phenoxy) is 2. The standard InChI is InChI=1S/C19H25N3O3/c1-2-22-5-3-4-15(22)12-20-11-14-8-13-9-17-18(25-7-6-24-17)10-16(13)21-19(14)23/h8-10,15,20H,2-7,11-12H2,1H3,(H,21,23)/t15-/m1/s1. The summed E-state index contributed by atoms with van der Waals surface area (Å²) in [6.45, 7) is 7.09. The highest BCUT2D eigenvalue weighted by molar-refractivity contribution is 5.83. The molecule has 2 aliphatic rings. The lowest BCUT2D eigenvalue weighted by molar-refractivity contribution is 0.172. The monoisotopic (exact) mass is 343 g/mol. The number of aromatic amines is 1. The van der Waals surface area contributed by atoms with E-state index in [0.717, 1.165) is 35.3 Å². The van der Waals surface area contributed by atoms with E-state index >= 15 is 0 Å². The van der Waals surface area contributed by atoms with Crippen molar-refractivity contribution < 1.29 is 9.47 Å². The second kappa shape index (κ2) is 7.06. The molecule has 0 aliphatic carbocycles. The van der Waals surface area contributed by atoms with Crippen LogP contribution in [0.15, 0.2) is 23.0 Å². The van der Waals surface area contributed by atoms with Crippen LogP contribution in [0.1, 0.15) is 25.3 Å². The van der Waals surface area contributed by atoms with Crippen LogP contribution in [0.2, 0.25) is 0 Å². The van der Waals surface area contributed by atoms with Crippen molar-refractivity contribution in [2.24, 2.45) is 0 Å². The Kier molecular flexibility index (Phi) is 4.63. The molecule has 134 valence electrons. The van der Waals surface area contributed by atoms with Crippen molar-refractivity contribution in [2.45, 2.75) is 32.4 Å². The molecule has 0 radical (unpaired) electrons. The van der Waals surface area contributed by atoms with E-state index in [1.54, 1.807) is 0 Å². The van der Waals surface area contributed by atoms with Gasteiger partial charge in [-0.05, 0) is 38.1 Å². The molecule has 1 saturated heterocycles. The number of likely N-dealkylation sites (N-methyl/N-ethyl adjacent to an activating group) is 1. The van der Waals surface area contributed by atoms with Gasteiger partial charge in [0.25, 0.3) is 5.56 Å². The van der Waals surface area contributed by atoms with Gasteiger partial charge in [-0.3, -0.25) is 9.69 Å². The highest BCUT2D eigenvalue weighted by atomic mass is 16.6. The molecule has 6 nitrogen and oxygen atoms in total. The summed E-state index contributed by atoms with van der Waals surface area (Å²) >= 11 is 0. The van der Waals surface area contributed by atoms with Gasteiger partial charge in [0.15, 0.2) is 11.5 Å². The minimum Gasteiger partial charge on any atom is -0.486 e. The van der Waals surface area contributed by atoms with E-state index < -0.39 is 0 Å². The van der Waals surface area contributed by atoms with Gasteiger partial charge in [-0.2, -0.15) is 0 Å². The first-order valence-electron chi connectivity index (χ1n) is 9.15. The van der Waals surface area contributed by atoms with Gasteiger partial charge in [-0.25, -0.2) is 0 Å². The molecule has 1 aromatic heterocycles. The summed E-state index contributed by atoms with van der Waals surface area (Å²) in [4.78, 5) is 17.8. The Bertz CT molecular complexity index is 817. The summed E-state index contributed by atoms with van der Waals surface area (Å²) in [5.74, 6) is 1.44. The number of likely N-dealkylation sites (tertiary alicyclic amines) is 1. The Balaban J connectivity index is 1.49. The predicted molar refractivity (Wildman–Crippen MR) is 97.5 cm³/mol. The Morgan fingerprint density at radius 3 is 2.84 bits per heavy atom. The lowest BCUT2D eigenvalue weighted by Gasteiger charge is -2.23. The molecule has 1 fully saturated rings. The number of nitrogens with one attached hydrogen (secondary N) is 2. The topological polar surface area (TPSA) is 66.6 Å². The quantitative estimate of drug-likeness (QED) is 0.868. The first kappa shape index (κ1) is 16.4. The van der Waals surface area contributed by atoms with Gasteiger partial charge in [0.2, 0.25) is 0 Å². The van der Waals surface area contributed by atoms with Gasteiger partial charge in [-0.15, -0.1) is 0 Å². The first-order valence-corrected chi connectivity index (χ1v) is 9.15. The highest BCUT2D eigenvalue weighted by Crippen LogP contribution is 2.33. The lowest BCUT2D eigenvalue weighted by Crippen LogP contribution is -2.38. The third kappa shape index (κ3) is 3.37. The molecule has 0 spiro atoms. The van der Waals surface area contributed by atoms with Crippen molar-refractivity contribution in [2.75, 3.05) is 32.8 Å². The molecule has 0 saturated carbocycles. The van der Waals surface area contributed by atoms with E-state index in [1.807, 2.05) is 18.2 Å². The van der Waals surface area contributed by atoms with E-state index in [4.69, 9.17) is 9.47 Å². The summed E-state index contributed by atoms with van der Waals surface area (Å²) in [7, 11) is 0. The number of H-pyrrole nitrogens is 1. The number of hydrogen-bond acceptors (Lipinski definition) is 5. The van der Waals surface area contributed by atoms with Crippen molar-refractivity contribution >= 4 is 10.9 Å². The molecule has 2 aliphatic heterocycles. The van der Waals surface area contributed by atoms with Gasteiger partial charge in [0.05, 0.1) is 5.52 Å². The minimum atomic E-state index is -0.0459. The fourth-order valence-electron chi connectivity index (χ4n) is 3.84. The number of rotatable bonds is 5. The van der Waals surface area contributed by atoms with Crippen LogP contribution in [0.3, 0.4) is 0 Å². The molecule has 6 heteroatoms. The van der Waals surface area contributed by atoms with Crippen LogP contribution in [-0.4, -0.2) is 48.8 Å². The Labute approximate surface area is 147 Å². The third-order valence-electron chi connectivity index (χ3n) is 5.18. The molecule has 1 aromatic carbocycles. The zero-order chi connectivity index (χ0) is 17.2. The average Bonchev–Trinajstić information content (AvgIpc) is 3.08. The van der Waals surface area contributed by atoms with E-state index in [1.165, 1.54) is 19.4 Å². The lowest BCUT2D eigenvalue weighted by atomic mass is 10.1. The Morgan fingerprint density at radius 1 is 1.24 bits per heavy atom. The summed E-state index contributed by atoms with van der Waals surface area (Å²) in [5.41, 5.74) is 1.49. The normalized spacial score (nSPS) is 20.3. The van der Waals surface area contributed by atoms with Crippen molar-refractivity contribution in [1.82, 2.24) is 15.2 Å². The smallest absolute Gasteiger partial charge is 0.252 e. The van der Waals surface area contributed by atoms with Gasteiger partial charge in [0.1, 0.15) is 13.2 Å². The molecule has 0 amide bonds. The van der Waals surface area contributed by atoms with Crippen LogP contribution in [-0.2, 0) is 6.54 Å².